The molecule has 0 aliphatic carbocycles. The molecule has 0 atom stereocenters. The summed E-state index contributed by atoms with van der Waals surface area (Å²) in [6.07, 6.45) is 2.87. The van der Waals surface area contributed by atoms with E-state index in [2.05, 4.69) is 16.6 Å². The zero-order valence-electron chi connectivity index (χ0n) is 13.1. The van der Waals surface area contributed by atoms with Gasteiger partial charge in [-0.3, -0.25) is 9.69 Å². The minimum atomic E-state index is -0.0589. The van der Waals surface area contributed by atoms with Gasteiger partial charge in [0.25, 0.3) is 5.91 Å². The summed E-state index contributed by atoms with van der Waals surface area (Å²) in [5.41, 5.74) is 1.30. The first-order valence-electron chi connectivity index (χ1n) is 7.92. The number of hydrogen-bond donors (Lipinski definition) is 0. The summed E-state index contributed by atoms with van der Waals surface area (Å²) in [4.78, 5) is 16.8. The van der Waals surface area contributed by atoms with E-state index in [4.69, 9.17) is 4.52 Å². The van der Waals surface area contributed by atoms with Crippen molar-refractivity contribution in [3.8, 4) is 11.3 Å². The summed E-state index contributed by atoms with van der Waals surface area (Å²) in [6, 6.07) is 11.4. The summed E-state index contributed by atoms with van der Waals surface area (Å²) >= 11 is 0. The molecule has 0 radical (unpaired) electrons. The van der Waals surface area contributed by atoms with Crippen molar-refractivity contribution < 1.29 is 9.32 Å². The Labute approximate surface area is 136 Å². The van der Waals surface area contributed by atoms with E-state index < -0.39 is 0 Å². The van der Waals surface area contributed by atoms with Crippen molar-refractivity contribution in [1.82, 2.24) is 15.0 Å². The molecule has 0 unspecified atom stereocenters. The van der Waals surface area contributed by atoms with Crippen LogP contribution in [0.1, 0.15) is 16.9 Å². The third kappa shape index (κ3) is 3.68. The molecular weight excluding hydrogens is 290 g/mol. The maximum atomic E-state index is 12.6. The third-order valence-electron chi connectivity index (χ3n) is 4.05. The van der Waals surface area contributed by atoms with Gasteiger partial charge in [0.15, 0.2) is 11.5 Å². The quantitative estimate of drug-likeness (QED) is 0.815. The van der Waals surface area contributed by atoms with Gasteiger partial charge in [-0.25, -0.2) is 0 Å². The molecule has 0 saturated carbocycles. The second-order valence-electron chi connectivity index (χ2n) is 5.68. The number of rotatable bonds is 4. The van der Waals surface area contributed by atoms with E-state index in [1.54, 1.807) is 6.07 Å². The van der Waals surface area contributed by atoms with Gasteiger partial charge < -0.3 is 9.42 Å². The number of hydrogen-bond acceptors (Lipinski definition) is 4. The van der Waals surface area contributed by atoms with Crippen LogP contribution >= 0.6 is 0 Å². The molecule has 1 aromatic carbocycles. The summed E-state index contributed by atoms with van der Waals surface area (Å²) in [7, 11) is 0. The number of carbonyl (C=O) groups excluding carboxylic acids is 1. The smallest absolute Gasteiger partial charge is 0.276 e. The Morgan fingerprint density at radius 3 is 2.83 bits per heavy atom. The number of aromatic nitrogens is 1. The summed E-state index contributed by atoms with van der Waals surface area (Å²) in [5.74, 6) is 0.563. The highest BCUT2D eigenvalue weighted by Gasteiger charge is 2.22. The Kier molecular flexibility index (Phi) is 4.88. The van der Waals surface area contributed by atoms with Crippen LogP contribution in [0.3, 0.4) is 0 Å². The molecular formula is C18H21N3O2. The Morgan fingerprint density at radius 2 is 2.04 bits per heavy atom. The van der Waals surface area contributed by atoms with Gasteiger partial charge in [-0.2, -0.15) is 0 Å². The average Bonchev–Trinajstić information content (AvgIpc) is 2.96. The molecule has 2 heterocycles. The van der Waals surface area contributed by atoms with Crippen LogP contribution in [-0.4, -0.2) is 53.6 Å². The second-order valence-corrected chi connectivity index (χ2v) is 5.68. The Morgan fingerprint density at radius 1 is 1.22 bits per heavy atom. The molecule has 0 spiro atoms. The predicted octanol–water partition coefficient (Wildman–Crippen LogP) is 2.68. The van der Waals surface area contributed by atoms with Crippen LogP contribution in [0, 0.1) is 0 Å². The highest BCUT2D eigenvalue weighted by atomic mass is 16.5. The first-order valence-corrected chi connectivity index (χ1v) is 7.92. The normalized spacial score (nSPS) is 16.1. The summed E-state index contributed by atoms with van der Waals surface area (Å²) < 4.78 is 5.33. The van der Waals surface area contributed by atoms with E-state index in [0.29, 0.717) is 18.0 Å². The van der Waals surface area contributed by atoms with Gasteiger partial charge in [-0.1, -0.05) is 41.6 Å². The number of amides is 1. The van der Waals surface area contributed by atoms with E-state index in [1.807, 2.05) is 41.3 Å². The Balaban J connectivity index is 1.69. The van der Waals surface area contributed by atoms with Gasteiger partial charge in [0.2, 0.25) is 0 Å². The van der Waals surface area contributed by atoms with Crippen LogP contribution in [0.15, 0.2) is 53.6 Å². The maximum Gasteiger partial charge on any atom is 0.276 e. The van der Waals surface area contributed by atoms with E-state index in [1.165, 1.54) is 0 Å². The molecule has 1 amide bonds. The lowest BCUT2D eigenvalue weighted by Gasteiger charge is -2.20. The average molecular weight is 311 g/mol. The minimum Gasteiger partial charge on any atom is -0.355 e. The summed E-state index contributed by atoms with van der Waals surface area (Å²) in [6.45, 7) is 7.95. The van der Waals surface area contributed by atoms with Crippen LogP contribution < -0.4 is 0 Å². The number of benzene rings is 1. The monoisotopic (exact) mass is 311 g/mol. The highest BCUT2D eigenvalue weighted by molar-refractivity contribution is 5.93. The SMILES string of the molecule is C=CCN1CCCN(C(=O)c2cc(-c3ccccc3)on2)CC1. The van der Waals surface area contributed by atoms with Crippen LogP contribution in [-0.2, 0) is 0 Å². The molecule has 2 aromatic rings. The molecule has 0 N–H and O–H groups in total. The maximum absolute atomic E-state index is 12.6. The van der Waals surface area contributed by atoms with E-state index in [0.717, 1.165) is 38.2 Å². The minimum absolute atomic E-state index is 0.0589. The van der Waals surface area contributed by atoms with E-state index in [9.17, 15) is 4.79 Å². The number of nitrogens with zero attached hydrogens (tertiary/aromatic N) is 3. The van der Waals surface area contributed by atoms with Gasteiger partial charge in [-0.15, -0.1) is 6.58 Å². The highest BCUT2D eigenvalue weighted by Crippen LogP contribution is 2.20. The predicted molar refractivity (Wildman–Crippen MR) is 89.1 cm³/mol. The van der Waals surface area contributed by atoms with Crippen molar-refractivity contribution in [3.05, 3.63) is 54.7 Å². The molecule has 23 heavy (non-hydrogen) atoms. The van der Waals surface area contributed by atoms with Gasteiger partial charge in [0.05, 0.1) is 0 Å². The Hall–Kier alpha value is -2.40. The van der Waals surface area contributed by atoms with Crippen LogP contribution in [0.5, 0.6) is 0 Å². The van der Waals surface area contributed by atoms with Crippen molar-refractivity contribution in [2.24, 2.45) is 0 Å². The molecule has 1 saturated heterocycles. The van der Waals surface area contributed by atoms with Crippen molar-refractivity contribution in [3.63, 3.8) is 0 Å². The fourth-order valence-electron chi connectivity index (χ4n) is 2.82. The molecule has 1 aromatic heterocycles. The van der Waals surface area contributed by atoms with Crippen LogP contribution in [0.2, 0.25) is 0 Å². The summed E-state index contributed by atoms with van der Waals surface area (Å²) in [5, 5.41) is 3.96. The number of carbonyl (C=O) groups is 1. The molecule has 120 valence electrons. The van der Waals surface area contributed by atoms with Gasteiger partial charge >= 0.3 is 0 Å². The van der Waals surface area contributed by atoms with E-state index >= 15 is 0 Å². The molecule has 1 fully saturated rings. The van der Waals surface area contributed by atoms with E-state index in [-0.39, 0.29) is 5.91 Å². The Bertz CT molecular complexity index is 666. The molecule has 5 nitrogen and oxygen atoms in total. The third-order valence-corrected chi connectivity index (χ3v) is 4.05. The van der Waals surface area contributed by atoms with Gasteiger partial charge in [0.1, 0.15) is 0 Å². The zero-order chi connectivity index (χ0) is 16.1. The first kappa shape index (κ1) is 15.5. The molecule has 1 aliphatic heterocycles. The first-order chi connectivity index (χ1) is 11.3. The lowest BCUT2D eigenvalue weighted by atomic mass is 10.1. The molecule has 0 bridgehead atoms. The zero-order valence-corrected chi connectivity index (χ0v) is 13.1. The van der Waals surface area contributed by atoms with Crippen molar-refractivity contribution in [1.29, 1.82) is 0 Å². The van der Waals surface area contributed by atoms with Crippen molar-refractivity contribution >= 4 is 5.91 Å². The fraction of sp³-hybridized carbons (Fsp3) is 0.333. The van der Waals surface area contributed by atoms with Gasteiger partial charge in [-0.05, 0) is 6.42 Å². The van der Waals surface area contributed by atoms with Crippen molar-refractivity contribution in [2.45, 2.75) is 6.42 Å². The topological polar surface area (TPSA) is 49.6 Å². The van der Waals surface area contributed by atoms with Crippen LogP contribution in [0.25, 0.3) is 11.3 Å². The molecule has 1 aliphatic rings. The standard InChI is InChI=1S/C18H21N3O2/c1-2-9-20-10-6-11-21(13-12-20)18(22)16-14-17(23-19-16)15-7-4-3-5-8-15/h2-5,7-8,14H,1,6,9-13H2. The fourth-order valence-corrected chi connectivity index (χ4v) is 2.82. The van der Waals surface area contributed by atoms with Crippen LogP contribution in [0.4, 0.5) is 0 Å². The van der Waals surface area contributed by atoms with Gasteiger partial charge in [0, 0.05) is 44.4 Å². The lowest BCUT2D eigenvalue weighted by molar-refractivity contribution is 0.0752. The largest absolute Gasteiger partial charge is 0.355 e. The van der Waals surface area contributed by atoms with Crippen molar-refractivity contribution in [2.75, 3.05) is 32.7 Å². The second kappa shape index (κ2) is 7.24. The molecule has 5 heteroatoms. The lowest BCUT2D eigenvalue weighted by Crippen LogP contribution is -2.35. The molecule has 3 rings (SSSR count).